The molecule has 0 fully saturated rings. The van der Waals surface area contributed by atoms with Crippen molar-refractivity contribution >= 4 is 40.3 Å². The minimum atomic E-state index is -0.466. The second-order valence-corrected chi connectivity index (χ2v) is 5.58. The van der Waals surface area contributed by atoms with Gasteiger partial charge in [0.05, 0.1) is 14.2 Å². The van der Waals surface area contributed by atoms with E-state index in [9.17, 15) is 9.18 Å². The Morgan fingerprint density at radius 3 is 2.53 bits per heavy atom. The predicted molar refractivity (Wildman–Crippen MR) is 68.9 cm³/mol. The average Bonchev–Trinajstić information content (AvgIpc) is 2.58. The third-order valence-corrected chi connectivity index (χ3v) is 4.12. The molecule has 0 radical (unpaired) electrons. The van der Waals surface area contributed by atoms with Crippen molar-refractivity contribution in [3.63, 3.8) is 0 Å². The van der Waals surface area contributed by atoms with Crippen molar-refractivity contribution in [1.29, 1.82) is 0 Å². The largest absolute Gasteiger partial charge is 0.288 e. The lowest BCUT2D eigenvalue weighted by molar-refractivity contribution is 0.104. The Labute approximate surface area is 112 Å². The zero-order valence-corrected chi connectivity index (χ0v) is 11.1. The third-order valence-electron chi connectivity index (χ3n) is 2.26. The van der Waals surface area contributed by atoms with Gasteiger partial charge in [0.15, 0.2) is 0 Å². The molecule has 17 heavy (non-hydrogen) atoms. The van der Waals surface area contributed by atoms with Crippen LogP contribution >= 0.6 is 34.5 Å². The summed E-state index contributed by atoms with van der Waals surface area (Å²) in [6, 6.07) is 5.41. The third kappa shape index (κ3) is 2.51. The number of aryl methyl sites for hydroxylation is 1. The maximum absolute atomic E-state index is 12.9. The van der Waals surface area contributed by atoms with Crippen LogP contribution in [0.2, 0.25) is 9.36 Å². The maximum Gasteiger partial charge on any atom is 0.204 e. The van der Waals surface area contributed by atoms with Crippen LogP contribution in [0.1, 0.15) is 20.8 Å². The van der Waals surface area contributed by atoms with Gasteiger partial charge in [-0.15, -0.1) is 11.3 Å². The zero-order chi connectivity index (χ0) is 12.6. The summed E-state index contributed by atoms with van der Waals surface area (Å²) in [6.07, 6.45) is 0. The smallest absolute Gasteiger partial charge is 0.204 e. The summed E-state index contributed by atoms with van der Waals surface area (Å²) in [5.41, 5.74) is 1.13. The minimum Gasteiger partial charge on any atom is -0.288 e. The standard InChI is InChI=1S/C12H7Cl2FOS/c1-6-4-10(17-12(6)14)11(16)8-3-2-7(15)5-9(8)13/h2-5H,1H3. The van der Waals surface area contributed by atoms with E-state index in [1.54, 1.807) is 6.07 Å². The molecule has 0 spiro atoms. The van der Waals surface area contributed by atoms with Crippen LogP contribution in [0.4, 0.5) is 4.39 Å². The van der Waals surface area contributed by atoms with Crippen LogP contribution in [0, 0.1) is 12.7 Å². The van der Waals surface area contributed by atoms with Gasteiger partial charge in [0.25, 0.3) is 0 Å². The summed E-state index contributed by atoms with van der Waals surface area (Å²) < 4.78 is 13.4. The number of carbonyl (C=O) groups is 1. The van der Waals surface area contributed by atoms with E-state index < -0.39 is 5.82 Å². The molecule has 2 rings (SSSR count). The van der Waals surface area contributed by atoms with Gasteiger partial charge in [-0.1, -0.05) is 23.2 Å². The number of benzene rings is 1. The summed E-state index contributed by atoms with van der Waals surface area (Å²) in [5, 5.41) is 0.108. The lowest BCUT2D eigenvalue weighted by Crippen LogP contribution is -1.99. The summed E-state index contributed by atoms with van der Waals surface area (Å²) in [6.45, 7) is 1.82. The molecule has 0 saturated heterocycles. The molecular weight excluding hydrogens is 282 g/mol. The Balaban J connectivity index is 2.43. The highest BCUT2D eigenvalue weighted by Gasteiger charge is 2.16. The number of carbonyl (C=O) groups excluding carboxylic acids is 1. The van der Waals surface area contributed by atoms with E-state index in [2.05, 4.69) is 0 Å². The molecule has 0 bridgehead atoms. The molecule has 0 aliphatic carbocycles. The fourth-order valence-corrected chi connectivity index (χ4v) is 2.79. The topological polar surface area (TPSA) is 17.1 Å². The normalized spacial score (nSPS) is 10.6. The lowest BCUT2D eigenvalue weighted by Gasteiger charge is -2.01. The van der Waals surface area contributed by atoms with E-state index in [1.165, 1.54) is 23.5 Å². The molecule has 0 unspecified atom stereocenters. The van der Waals surface area contributed by atoms with Crippen molar-refractivity contribution in [2.45, 2.75) is 6.92 Å². The van der Waals surface area contributed by atoms with Crippen LogP contribution in [0.3, 0.4) is 0 Å². The first-order valence-corrected chi connectivity index (χ1v) is 6.32. The van der Waals surface area contributed by atoms with Crippen molar-refractivity contribution in [1.82, 2.24) is 0 Å². The molecule has 0 amide bonds. The van der Waals surface area contributed by atoms with E-state index in [1.807, 2.05) is 6.92 Å². The van der Waals surface area contributed by atoms with E-state index in [0.717, 1.165) is 11.6 Å². The molecule has 0 aliphatic rings. The van der Waals surface area contributed by atoms with Crippen LogP contribution in [0.5, 0.6) is 0 Å². The highest BCUT2D eigenvalue weighted by Crippen LogP contribution is 2.30. The van der Waals surface area contributed by atoms with Crippen molar-refractivity contribution in [2.24, 2.45) is 0 Å². The number of rotatable bonds is 2. The number of halogens is 3. The van der Waals surface area contributed by atoms with E-state index >= 15 is 0 Å². The predicted octanol–water partition coefficient (Wildman–Crippen LogP) is 4.73. The van der Waals surface area contributed by atoms with Crippen LogP contribution in [-0.4, -0.2) is 5.78 Å². The molecule has 2 aromatic rings. The van der Waals surface area contributed by atoms with E-state index in [-0.39, 0.29) is 16.4 Å². The Hall–Kier alpha value is -0.900. The average molecular weight is 289 g/mol. The van der Waals surface area contributed by atoms with Gasteiger partial charge in [0.2, 0.25) is 5.78 Å². The second kappa shape index (κ2) is 4.77. The van der Waals surface area contributed by atoms with Gasteiger partial charge in [0.1, 0.15) is 5.82 Å². The molecule has 1 aromatic heterocycles. The summed E-state index contributed by atoms with van der Waals surface area (Å²) in [5.74, 6) is -0.707. The Morgan fingerprint density at radius 1 is 1.29 bits per heavy atom. The fraction of sp³-hybridized carbons (Fsp3) is 0.0833. The van der Waals surface area contributed by atoms with Crippen molar-refractivity contribution in [2.75, 3.05) is 0 Å². The highest BCUT2D eigenvalue weighted by molar-refractivity contribution is 7.18. The van der Waals surface area contributed by atoms with Gasteiger partial charge in [-0.05, 0) is 36.8 Å². The first-order chi connectivity index (χ1) is 7.99. The van der Waals surface area contributed by atoms with Gasteiger partial charge in [0, 0.05) is 5.56 Å². The molecule has 0 saturated carbocycles. The van der Waals surface area contributed by atoms with Gasteiger partial charge >= 0.3 is 0 Å². The van der Waals surface area contributed by atoms with Crippen LogP contribution < -0.4 is 0 Å². The van der Waals surface area contributed by atoms with Crippen LogP contribution in [0.25, 0.3) is 0 Å². The Bertz CT molecular complexity index is 573. The first kappa shape index (κ1) is 12.6. The summed E-state index contributed by atoms with van der Waals surface area (Å²) in [7, 11) is 0. The molecule has 1 nitrogen and oxygen atoms in total. The Morgan fingerprint density at radius 2 is 2.00 bits per heavy atom. The lowest BCUT2D eigenvalue weighted by atomic mass is 10.1. The van der Waals surface area contributed by atoms with Gasteiger partial charge in [-0.25, -0.2) is 4.39 Å². The van der Waals surface area contributed by atoms with Crippen LogP contribution in [0.15, 0.2) is 24.3 Å². The number of thiophene rings is 1. The number of hydrogen-bond donors (Lipinski definition) is 0. The number of ketones is 1. The molecule has 1 aromatic carbocycles. The molecule has 88 valence electrons. The highest BCUT2D eigenvalue weighted by atomic mass is 35.5. The van der Waals surface area contributed by atoms with Crippen molar-refractivity contribution in [3.8, 4) is 0 Å². The summed E-state index contributed by atoms with van der Waals surface area (Å²) in [4.78, 5) is 12.6. The van der Waals surface area contributed by atoms with Crippen molar-refractivity contribution in [3.05, 3.63) is 55.4 Å². The Kier molecular flexibility index (Phi) is 3.52. The monoisotopic (exact) mass is 288 g/mol. The van der Waals surface area contributed by atoms with Crippen LogP contribution in [-0.2, 0) is 0 Å². The van der Waals surface area contributed by atoms with E-state index in [0.29, 0.717) is 9.21 Å². The molecular formula is C12H7Cl2FOS. The van der Waals surface area contributed by atoms with Gasteiger partial charge in [-0.2, -0.15) is 0 Å². The van der Waals surface area contributed by atoms with Gasteiger partial charge in [-0.3, -0.25) is 4.79 Å². The maximum atomic E-state index is 12.9. The molecule has 0 N–H and O–H groups in total. The van der Waals surface area contributed by atoms with Gasteiger partial charge < -0.3 is 0 Å². The van der Waals surface area contributed by atoms with E-state index in [4.69, 9.17) is 23.2 Å². The van der Waals surface area contributed by atoms with Crippen molar-refractivity contribution < 1.29 is 9.18 Å². The quantitative estimate of drug-likeness (QED) is 0.730. The first-order valence-electron chi connectivity index (χ1n) is 4.74. The zero-order valence-electron chi connectivity index (χ0n) is 8.76. The molecule has 0 atom stereocenters. The summed E-state index contributed by atoms with van der Waals surface area (Å²) >= 11 is 12.9. The second-order valence-electron chi connectivity index (χ2n) is 3.52. The minimum absolute atomic E-state index is 0.108. The SMILES string of the molecule is Cc1cc(C(=O)c2ccc(F)cc2Cl)sc1Cl. The molecule has 1 heterocycles. The fourth-order valence-electron chi connectivity index (χ4n) is 1.38. The molecule has 0 aliphatic heterocycles. The number of hydrogen-bond acceptors (Lipinski definition) is 2. The molecule has 5 heteroatoms.